The summed E-state index contributed by atoms with van der Waals surface area (Å²) in [5.74, 6) is -0.675. The van der Waals surface area contributed by atoms with Crippen molar-refractivity contribution in [1.82, 2.24) is 0 Å². The minimum Gasteiger partial charge on any atom is -0.495 e. The second kappa shape index (κ2) is 10.1. The molecule has 0 saturated heterocycles. The van der Waals surface area contributed by atoms with Crippen LogP contribution in [0.3, 0.4) is 0 Å². The summed E-state index contributed by atoms with van der Waals surface area (Å²) >= 11 is 0. The number of ether oxygens (including phenoxy) is 3. The maximum Gasteiger partial charge on any atom is 0.338 e. The van der Waals surface area contributed by atoms with Gasteiger partial charge in [0.05, 0.1) is 23.3 Å². The van der Waals surface area contributed by atoms with E-state index in [1.54, 1.807) is 36.4 Å². The quantitative estimate of drug-likeness (QED) is 0.357. The summed E-state index contributed by atoms with van der Waals surface area (Å²) in [4.78, 5) is 12.2. The van der Waals surface area contributed by atoms with Gasteiger partial charge in [-0.15, -0.1) is 0 Å². The maximum absolute atomic E-state index is 13.5. The number of hydrogen-bond acceptors (Lipinski definition) is 6. The van der Waals surface area contributed by atoms with Crippen molar-refractivity contribution in [3.05, 3.63) is 84.2 Å². The fourth-order valence-corrected chi connectivity index (χ4v) is 4.08. The molecule has 0 aromatic heterocycles. The summed E-state index contributed by atoms with van der Waals surface area (Å²) in [5, 5.41) is 0. The number of hydrogen-bond donors (Lipinski definition) is 0. The van der Waals surface area contributed by atoms with E-state index in [1.807, 2.05) is 0 Å². The second-order valence-electron chi connectivity index (χ2n) is 6.58. The van der Waals surface area contributed by atoms with Crippen LogP contribution in [0.4, 0.5) is 10.1 Å². The van der Waals surface area contributed by atoms with Crippen LogP contribution < -0.4 is 13.8 Å². The molecule has 0 fully saturated rings. The van der Waals surface area contributed by atoms with Gasteiger partial charge in [-0.25, -0.2) is 17.6 Å². The Morgan fingerprint density at radius 1 is 0.906 bits per heavy atom. The van der Waals surface area contributed by atoms with E-state index in [4.69, 9.17) is 14.2 Å². The van der Waals surface area contributed by atoms with Gasteiger partial charge in [0.25, 0.3) is 10.0 Å². The molecule has 0 bridgehead atoms. The van der Waals surface area contributed by atoms with Crippen LogP contribution in [-0.4, -0.2) is 41.8 Å². The highest BCUT2D eigenvalue weighted by Crippen LogP contribution is 2.30. The fourth-order valence-electron chi connectivity index (χ4n) is 2.87. The van der Waals surface area contributed by atoms with Crippen molar-refractivity contribution in [2.24, 2.45) is 0 Å². The molecule has 9 heteroatoms. The van der Waals surface area contributed by atoms with Gasteiger partial charge in [0.2, 0.25) is 0 Å². The lowest BCUT2D eigenvalue weighted by Gasteiger charge is -2.21. The molecule has 0 spiro atoms. The highest BCUT2D eigenvalue weighted by molar-refractivity contribution is 7.92. The second-order valence-corrected chi connectivity index (χ2v) is 8.55. The first-order valence-electron chi connectivity index (χ1n) is 9.61. The summed E-state index contributed by atoms with van der Waals surface area (Å²) < 4.78 is 56.1. The average molecular weight is 459 g/mol. The third-order valence-corrected chi connectivity index (χ3v) is 6.37. The molecule has 3 aromatic rings. The number of carbonyl (C=O) groups is 1. The number of halogens is 1. The Kier molecular flexibility index (Phi) is 7.32. The first-order valence-corrected chi connectivity index (χ1v) is 11.0. The van der Waals surface area contributed by atoms with Gasteiger partial charge in [0, 0.05) is 7.05 Å². The third-order valence-electron chi connectivity index (χ3n) is 4.58. The lowest BCUT2D eigenvalue weighted by Crippen LogP contribution is -2.27. The van der Waals surface area contributed by atoms with Crippen molar-refractivity contribution in [1.29, 1.82) is 0 Å². The summed E-state index contributed by atoms with van der Waals surface area (Å²) in [5.41, 5.74) is 0.558. The van der Waals surface area contributed by atoms with Gasteiger partial charge in [0.15, 0.2) is 11.6 Å². The fraction of sp³-hybridized carbons (Fsp3) is 0.174. The van der Waals surface area contributed by atoms with Gasteiger partial charge < -0.3 is 14.2 Å². The zero-order valence-electron chi connectivity index (χ0n) is 17.5. The highest BCUT2D eigenvalue weighted by atomic mass is 32.2. The topological polar surface area (TPSA) is 82.1 Å². The number of rotatable bonds is 9. The Hall–Kier alpha value is -3.59. The van der Waals surface area contributed by atoms with E-state index in [9.17, 15) is 17.6 Å². The van der Waals surface area contributed by atoms with Crippen molar-refractivity contribution < 1.29 is 31.8 Å². The van der Waals surface area contributed by atoms with E-state index in [1.165, 1.54) is 50.6 Å². The average Bonchev–Trinajstić information content (AvgIpc) is 2.82. The molecule has 0 unspecified atom stereocenters. The standard InChI is InChI=1S/C23H22FNO6S/c1-25(20-8-4-6-10-22(20)29-2)32(27,28)18-13-11-17(12-14-18)23(26)31-16-15-30-21-9-5-3-7-19(21)24/h3-14H,15-16H2,1-2H3. The number of sulfonamides is 1. The molecule has 3 aromatic carbocycles. The minimum atomic E-state index is -3.88. The van der Waals surface area contributed by atoms with Crippen LogP contribution >= 0.6 is 0 Å². The van der Waals surface area contributed by atoms with E-state index in [0.717, 1.165) is 4.31 Å². The van der Waals surface area contributed by atoms with Gasteiger partial charge in [-0.3, -0.25) is 4.31 Å². The molecule has 0 amide bonds. The molecule has 0 aliphatic carbocycles. The van der Waals surface area contributed by atoms with Crippen LogP contribution in [0.1, 0.15) is 10.4 Å². The minimum absolute atomic E-state index is 0.00495. The normalized spacial score (nSPS) is 11.0. The molecule has 0 atom stereocenters. The van der Waals surface area contributed by atoms with Crippen LogP contribution in [0, 0.1) is 5.82 Å². The molecule has 32 heavy (non-hydrogen) atoms. The maximum atomic E-state index is 13.5. The molecular formula is C23H22FNO6S. The largest absolute Gasteiger partial charge is 0.495 e. The summed E-state index contributed by atoms with van der Waals surface area (Å²) in [6, 6.07) is 18.0. The number of nitrogens with zero attached hydrogens (tertiary/aromatic N) is 1. The number of methoxy groups -OCH3 is 1. The van der Waals surface area contributed by atoms with Crippen molar-refractivity contribution >= 4 is 21.7 Å². The van der Waals surface area contributed by atoms with Crippen LogP contribution in [0.2, 0.25) is 0 Å². The Balaban J connectivity index is 1.62. The summed E-state index contributed by atoms with van der Waals surface area (Å²) in [6.07, 6.45) is 0. The highest BCUT2D eigenvalue weighted by Gasteiger charge is 2.24. The molecule has 0 radical (unpaired) electrons. The summed E-state index contributed by atoms with van der Waals surface area (Å²) in [6.45, 7) is -0.118. The predicted molar refractivity (Wildman–Crippen MR) is 117 cm³/mol. The van der Waals surface area contributed by atoms with E-state index in [-0.39, 0.29) is 29.4 Å². The molecule has 7 nitrogen and oxygen atoms in total. The van der Waals surface area contributed by atoms with Gasteiger partial charge >= 0.3 is 5.97 Å². The van der Waals surface area contributed by atoms with E-state index < -0.39 is 21.8 Å². The van der Waals surface area contributed by atoms with Gasteiger partial charge in [-0.1, -0.05) is 24.3 Å². The van der Waals surface area contributed by atoms with Crippen LogP contribution in [0.15, 0.2) is 77.7 Å². The Bertz CT molecular complexity index is 1180. The molecule has 0 aliphatic rings. The number of esters is 1. The van der Waals surface area contributed by atoms with Crippen LogP contribution in [0.5, 0.6) is 11.5 Å². The third kappa shape index (κ3) is 5.17. The SMILES string of the molecule is COc1ccccc1N(C)S(=O)(=O)c1ccc(C(=O)OCCOc2ccccc2F)cc1. The van der Waals surface area contributed by atoms with Crippen LogP contribution in [-0.2, 0) is 14.8 Å². The van der Waals surface area contributed by atoms with Gasteiger partial charge in [-0.2, -0.15) is 0 Å². The number of anilines is 1. The Labute approximate surface area is 186 Å². The van der Waals surface area contributed by atoms with Gasteiger partial charge in [-0.05, 0) is 48.5 Å². The van der Waals surface area contributed by atoms with Crippen molar-refractivity contribution in [3.63, 3.8) is 0 Å². The zero-order valence-corrected chi connectivity index (χ0v) is 18.3. The first-order chi connectivity index (χ1) is 15.3. The number of carbonyl (C=O) groups excluding carboxylic acids is 1. The van der Waals surface area contributed by atoms with E-state index in [2.05, 4.69) is 0 Å². The molecule has 0 N–H and O–H groups in total. The number of benzene rings is 3. The molecular weight excluding hydrogens is 437 g/mol. The molecule has 168 valence electrons. The Morgan fingerprint density at radius 3 is 2.19 bits per heavy atom. The monoisotopic (exact) mass is 459 g/mol. The zero-order chi connectivity index (χ0) is 23.1. The van der Waals surface area contributed by atoms with E-state index in [0.29, 0.717) is 11.4 Å². The van der Waals surface area contributed by atoms with Crippen LogP contribution in [0.25, 0.3) is 0 Å². The van der Waals surface area contributed by atoms with Gasteiger partial charge in [0.1, 0.15) is 19.0 Å². The van der Waals surface area contributed by atoms with Crippen molar-refractivity contribution in [3.8, 4) is 11.5 Å². The predicted octanol–water partition coefficient (Wildman–Crippen LogP) is 3.90. The van der Waals surface area contributed by atoms with Crippen molar-refractivity contribution in [2.75, 3.05) is 31.7 Å². The lowest BCUT2D eigenvalue weighted by atomic mass is 10.2. The number of para-hydroxylation sites is 3. The Morgan fingerprint density at radius 2 is 1.53 bits per heavy atom. The van der Waals surface area contributed by atoms with Crippen molar-refractivity contribution in [2.45, 2.75) is 4.90 Å². The van der Waals surface area contributed by atoms with E-state index >= 15 is 0 Å². The molecule has 0 saturated carbocycles. The molecule has 0 aliphatic heterocycles. The molecule has 3 rings (SSSR count). The summed E-state index contributed by atoms with van der Waals surface area (Å²) in [7, 11) is -0.996. The molecule has 0 heterocycles. The lowest BCUT2D eigenvalue weighted by molar-refractivity contribution is 0.0448. The first kappa shape index (κ1) is 23.1. The smallest absolute Gasteiger partial charge is 0.338 e.